The summed E-state index contributed by atoms with van der Waals surface area (Å²) < 4.78 is 23.3. The predicted octanol–water partition coefficient (Wildman–Crippen LogP) is 16.7. The molecule has 3 unspecified atom stereocenters. The fraction of sp³-hybridized carbons (Fsp3) is 0.814. The van der Waals surface area contributed by atoms with Crippen molar-refractivity contribution in [3.05, 3.63) is 60.8 Å². The van der Waals surface area contributed by atoms with Crippen LogP contribution in [-0.4, -0.2) is 68.5 Å². The van der Waals surface area contributed by atoms with Crippen LogP contribution in [0.1, 0.15) is 258 Å². The highest BCUT2D eigenvalue weighted by Crippen LogP contribution is 2.38. The molecule has 0 bridgehead atoms. The molecule has 9 heteroatoms. The minimum absolute atomic E-state index is 0.0104. The van der Waals surface area contributed by atoms with Gasteiger partial charge in [0.1, 0.15) is 13.2 Å². The summed E-state index contributed by atoms with van der Waals surface area (Å²) >= 11 is 0. The van der Waals surface area contributed by atoms with Gasteiger partial charge in [-0.2, -0.15) is 0 Å². The number of hydrogen-bond acceptors (Lipinski definition) is 6. The molecule has 0 saturated heterocycles. The van der Waals surface area contributed by atoms with Gasteiger partial charge in [0.05, 0.1) is 39.9 Å². The number of aliphatic hydroxyl groups is 1. The number of phosphoric acid groups is 1. The number of nitrogens with one attached hydrogen (secondary N) is 1. The molecule has 68 heavy (non-hydrogen) atoms. The van der Waals surface area contributed by atoms with Crippen molar-refractivity contribution in [3.8, 4) is 0 Å². The van der Waals surface area contributed by atoms with Gasteiger partial charge in [0, 0.05) is 6.42 Å². The number of carbonyl (C=O) groups excluding carboxylic acids is 1. The molecule has 0 aromatic rings. The molecular formula is C59H111N2O6P. The summed E-state index contributed by atoms with van der Waals surface area (Å²) in [6, 6.07) is -0.912. The first kappa shape index (κ1) is 66.2. The molecule has 0 aromatic heterocycles. The molecule has 0 aromatic carbocycles. The third kappa shape index (κ3) is 52.0. The van der Waals surface area contributed by atoms with Gasteiger partial charge in [0.15, 0.2) is 0 Å². The second-order valence-electron chi connectivity index (χ2n) is 20.6. The molecular weight excluding hydrogens is 864 g/mol. The van der Waals surface area contributed by atoms with Gasteiger partial charge in [-0.15, -0.1) is 0 Å². The Balaban J connectivity index is 4.20. The molecule has 0 fully saturated rings. The number of aliphatic hydroxyl groups excluding tert-OH is 1. The molecule has 1 amide bonds. The topological polar surface area (TPSA) is 108 Å². The number of unbranched alkanes of at least 4 members (excludes halogenated alkanes) is 31. The molecule has 0 spiro atoms. The number of quaternary nitrogens is 1. The van der Waals surface area contributed by atoms with E-state index in [4.69, 9.17) is 9.05 Å². The summed E-state index contributed by atoms with van der Waals surface area (Å²) in [6.07, 6.45) is 67.3. The van der Waals surface area contributed by atoms with Crippen LogP contribution in [0.25, 0.3) is 0 Å². The summed E-state index contributed by atoms with van der Waals surface area (Å²) in [5.41, 5.74) is 0. The van der Waals surface area contributed by atoms with Crippen LogP contribution in [0.4, 0.5) is 0 Å². The van der Waals surface area contributed by atoms with Crippen molar-refractivity contribution < 1.29 is 32.9 Å². The molecule has 0 aliphatic rings. The Bertz CT molecular complexity index is 1290. The van der Waals surface area contributed by atoms with Crippen molar-refractivity contribution in [1.82, 2.24) is 5.32 Å². The first-order valence-corrected chi connectivity index (χ1v) is 30.1. The monoisotopic (exact) mass is 975 g/mol. The van der Waals surface area contributed by atoms with E-state index in [1.807, 2.05) is 27.2 Å². The Kier molecular flexibility index (Phi) is 48.8. The Morgan fingerprint density at radius 1 is 0.515 bits per heavy atom. The highest BCUT2D eigenvalue weighted by atomic mass is 31.2. The van der Waals surface area contributed by atoms with Crippen molar-refractivity contribution in [2.75, 3.05) is 40.9 Å². The number of rotatable bonds is 52. The second-order valence-corrected chi connectivity index (χ2v) is 22.0. The largest absolute Gasteiger partial charge is 0.756 e. The number of carbonyl (C=O) groups is 1. The molecule has 8 nitrogen and oxygen atoms in total. The maximum Gasteiger partial charge on any atom is 0.268 e. The van der Waals surface area contributed by atoms with Gasteiger partial charge in [-0.1, -0.05) is 235 Å². The average Bonchev–Trinajstić information content (AvgIpc) is 3.30. The molecule has 0 aliphatic carbocycles. The van der Waals surface area contributed by atoms with Crippen molar-refractivity contribution in [2.24, 2.45) is 0 Å². The van der Waals surface area contributed by atoms with Crippen molar-refractivity contribution >= 4 is 13.7 Å². The summed E-state index contributed by atoms with van der Waals surface area (Å²) in [7, 11) is 1.23. The third-order valence-corrected chi connectivity index (χ3v) is 13.6. The molecule has 0 saturated carbocycles. The van der Waals surface area contributed by atoms with Gasteiger partial charge in [0.25, 0.3) is 7.82 Å². The summed E-state index contributed by atoms with van der Waals surface area (Å²) in [6.45, 7) is 4.62. The van der Waals surface area contributed by atoms with E-state index in [-0.39, 0.29) is 12.5 Å². The zero-order chi connectivity index (χ0) is 49.9. The highest BCUT2D eigenvalue weighted by molar-refractivity contribution is 7.45. The zero-order valence-electron chi connectivity index (χ0n) is 45.3. The van der Waals surface area contributed by atoms with Crippen molar-refractivity contribution in [2.45, 2.75) is 270 Å². The highest BCUT2D eigenvalue weighted by Gasteiger charge is 2.23. The van der Waals surface area contributed by atoms with Gasteiger partial charge in [0.2, 0.25) is 5.91 Å². The normalized spacial score (nSPS) is 14.4. The SMILES string of the molecule is CCCCCCCCC/C=C/CC/C=C/CC/C=C/C(O)C(COP(=O)([O-])OCC[N+](C)(C)C)NC(=O)CCCCCCCCCCCCCCC/C=C\C/C=C\CCCCCCCCCCC. The molecule has 0 aliphatic heterocycles. The maximum atomic E-state index is 12.9. The van der Waals surface area contributed by atoms with Gasteiger partial charge in [-0.3, -0.25) is 9.36 Å². The summed E-state index contributed by atoms with van der Waals surface area (Å²) in [5, 5.41) is 13.8. The first-order valence-electron chi connectivity index (χ1n) is 28.7. The minimum Gasteiger partial charge on any atom is -0.756 e. The second kappa shape index (κ2) is 50.2. The van der Waals surface area contributed by atoms with E-state index in [1.165, 1.54) is 186 Å². The molecule has 0 radical (unpaired) electrons. The summed E-state index contributed by atoms with van der Waals surface area (Å²) in [4.78, 5) is 25.5. The van der Waals surface area contributed by atoms with Crippen LogP contribution in [0.3, 0.4) is 0 Å². The fourth-order valence-electron chi connectivity index (χ4n) is 8.16. The quantitative estimate of drug-likeness (QED) is 0.0272. The number of allylic oxidation sites excluding steroid dienone is 9. The Hall–Kier alpha value is -1.80. The van der Waals surface area contributed by atoms with Gasteiger partial charge >= 0.3 is 0 Å². The molecule has 0 rings (SSSR count). The van der Waals surface area contributed by atoms with Crippen LogP contribution in [0.5, 0.6) is 0 Å². The number of likely N-dealkylation sites (N-methyl/N-ethyl adjacent to an activating group) is 1. The maximum absolute atomic E-state index is 12.9. The van der Waals surface area contributed by atoms with E-state index in [0.29, 0.717) is 17.4 Å². The van der Waals surface area contributed by atoms with Crippen molar-refractivity contribution in [3.63, 3.8) is 0 Å². The lowest BCUT2D eigenvalue weighted by molar-refractivity contribution is -0.870. The average molecular weight is 976 g/mol. The standard InChI is InChI=1S/C59H111N2O6P/c1-6-8-10-12-14-16-18-20-22-24-25-26-27-28-29-30-31-32-33-34-35-37-39-41-43-45-47-49-51-53-59(63)60-57(56-67-68(64,65)66-55-54-61(3,4)5)58(62)52-50-48-46-44-42-40-38-36-23-21-19-17-15-13-11-9-7-2/h23,25-26,28-29,36,42,44,50,52,57-58,62H,6-22,24,27,30-35,37-41,43,45-49,51,53-56H2,1-5H3,(H-,60,63,64,65)/b26-25-,29-28-,36-23+,44-42+,52-50+. The first-order chi connectivity index (χ1) is 33.0. The summed E-state index contributed by atoms with van der Waals surface area (Å²) in [5.74, 6) is -0.212. The molecule has 2 N–H and O–H groups in total. The molecule has 3 atom stereocenters. The fourth-order valence-corrected chi connectivity index (χ4v) is 8.88. The van der Waals surface area contributed by atoms with Crippen LogP contribution in [0.15, 0.2) is 60.8 Å². The van der Waals surface area contributed by atoms with E-state index < -0.39 is 26.6 Å². The smallest absolute Gasteiger partial charge is 0.268 e. The van der Waals surface area contributed by atoms with Crippen LogP contribution < -0.4 is 10.2 Å². The third-order valence-electron chi connectivity index (χ3n) is 12.7. The van der Waals surface area contributed by atoms with E-state index in [9.17, 15) is 19.4 Å². The molecule has 0 heterocycles. The van der Waals surface area contributed by atoms with Crippen LogP contribution in [0.2, 0.25) is 0 Å². The van der Waals surface area contributed by atoms with Crippen LogP contribution in [0, 0.1) is 0 Å². The van der Waals surface area contributed by atoms with E-state index in [1.54, 1.807) is 6.08 Å². The van der Waals surface area contributed by atoms with E-state index >= 15 is 0 Å². The van der Waals surface area contributed by atoms with Crippen LogP contribution >= 0.6 is 7.82 Å². The Morgan fingerprint density at radius 2 is 0.868 bits per heavy atom. The van der Waals surface area contributed by atoms with Gasteiger partial charge < -0.3 is 28.8 Å². The predicted molar refractivity (Wildman–Crippen MR) is 293 cm³/mol. The number of nitrogens with zero attached hydrogens (tertiary/aromatic N) is 1. The minimum atomic E-state index is -4.61. The number of amides is 1. The van der Waals surface area contributed by atoms with Gasteiger partial charge in [-0.25, -0.2) is 0 Å². The molecule has 398 valence electrons. The van der Waals surface area contributed by atoms with E-state index in [0.717, 1.165) is 51.4 Å². The van der Waals surface area contributed by atoms with Gasteiger partial charge in [-0.05, 0) is 77.0 Å². The van der Waals surface area contributed by atoms with E-state index in [2.05, 4.69) is 67.8 Å². The lowest BCUT2D eigenvalue weighted by Crippen LogP contribution is -2.45. The number of hydrogen-bond donors (Lipinski definition) is 2. The van der Waals surface area contributed by atoms with Crippen LogP contribution in [-0.2, 0) is 18.4 Å². The Morgan fingerprint density at radius 3 is 1.28 bits per heavy atom. The lowest BCUT2D eigenvalue weighted by Gasteiger charge is -2.29. The van der Waals surface area contributed by atoms with Crippen molar-refractivity contribution in [1.29, 1.82) is 0 Å². The number of phosphoric ester groups is 1. The lowest BCUT2D eigenvalue weighted by atomic mass is 10.0. The Labute approximate surface area is 422 Å². The zero-order valence-corrected chi connectivity index (χ0v) is 46.2.